The van der Waals surface area contributed by atoms with E-state index >= 15 is 0 Å². The van der Waals surface area contributed by atoms with Gasteiger partial charge in [0, 0.05) is 32.1 Å². The lowest BCUT2D eigenvalue weighted by Gasteiger charge is -2.31. The molecule has 0 aromatic heterocycles. The summed E-state index contributed by atoms with van der Waals surface area (Å²) >= 11 is 6.13. The molecule has 1 aliphatic heterocycles. The Bertz CT molecular complexity index is 646. The Morgan fingerprint density at radius 3 is 2.48 bits per heavy atom. The minimum atomic E-state index is 0.0826. The number of hydrogen-bond donors (Lipinski definition) is 0. The van der Waals surface area contributed by atoms with Crippen molar-refractivity contribution in [2.45, 2.75) is 32.1 Å². The Labute approximate surface area is 153 Å². The normalized spacial score (nSPS) is 18.5. The fourth-order valence-electron chi connectivity index (χ4n) is 3.41. The highest BCUT2D eigenvalue weighted by atomic mass is 35.5. The maximum atomic E-state index is 12.6. The predicted octanol–water partition coefficient (Wildman–Crippen LogP) is 2.75. The third-order valence-electron chi connectivity index (χ3n) is 5.19. The van der Waals surface area contributed by atoms with Crippen LogP contribution >= 0.6 is 11.6 Å². The van der Waals surface area contributed by atoms with Crippen molar-refractivity contribution in [1.82, 2.24) is 9.80 Å². The van der Waals surface area contributed by atoms with Gasteiger partial charge >= 0.3 is 0 Å². The van der Waals surface area contributed by atoms with E-state index in [0.717, 1.165) is 31.4 Å². The van der Waals surface area contributed by atoms with Crippen molar-refractivity contribution in [3.8, 4) is 5.75 Å². The van der Waals surface area contributed by atoms with Crippen LogP contribution in [0.5, 0.6) is 5.75 Å². The molecule has 0 atom stereocenters. The van der Waals surface area contributed by atoms with Gasteiger partial charge < -0.3 is 14.5 Å². The van der Waals surface area contributed by atoms with Crippen molar-refractivity contribution in [3.63, 3.8) is 0 Å². The lowest BCUT2D eigenvalue weighted by Crippen LogP contribution is -2.41. The number of nitrogens with zero attached hydrogens (tertiary/aromatic N) is 2. The molecule has 1 aliphatic carbocycles. The number of ether oxygens (including phenoxy) is 1. The van der Waals surface area contributed by atoms with Crippen LogP contribution in [0.25, 0.3) is 0 Å². The molecule has 1 saturated heterocycles. The number of amides is 2. The van der Waals surface area contributed by atoms with Crippen LogP contribution in [0.1, 0.15) is 31.2 Å². The molecule has 1 aromatic rings. The first-order valence-electron chi connectivity index (χ1n) is 8.97. The Morgan fingerprint density at radius 1 is 1.12 bits per heavy atom. The van der Waals surface area contributed by atoms with Crippen molar-refractivity contribution in [1.29, 1.82) is 0 Å². The van der Waals surface area contributed by atoms with E-state index in [2.05, 4.69) is 0 Å². The number of methoxy groups -OCH3 is 1. The van der Waals surface area contributed by atoms with Crippen molar-refractivity contribution < 1.29 is 14.3 Å². The molecule has 0 N–H and O–H groups in total. The van der Waals surface area contributed by atoms with Crippen LogP contribution in [0.3, 0.4) is 0 Å². The second-order valence-electron chi connectivity index (χ2n) is 6.83. The first-order valence-corrected chi connectivity index (χ1v) is 9.35. The van der Waals surface area contributed by atoms with Crippen molar-refractivity contribution in [2.24, 2.45) is 5.92 Å². The number of carbonyl (C=O) groups is 2. The number of carbonyl (C=O) groups excluding carboxylic acids is 2. The molecule has 2 aliphatic rings. The molecule has 136 valence electrons. The Balaban J connectivity index is 1.55. The van der Waals surface area contributed by atoms with E-state index in [1.165, 1.54) is 6.42 Å². The van der Waals surface area contributed by atoms with Crippen molar-refractivity contribution in [3.05, 3.63) is 28.8 Å². The van der Waals surface area contributed by atoms with Gasteiger partial charge in [0.1, 0.15) is 5.75 Å². The minimum Gasteiger partial charge on any atom is -0.495 e. The van der Waals surface area contributed by atoms with Crippen LogP contribution in [-0.2, 0) is 16.0 Å². The number of hydrogen-bond acceptors (Lipinski definition) is 3. The lowest BCUT2D eigenvalue weighted by molar-refractivity contribution is -0.138. The fourth-order valence-corrected chi connectivity index (χ4v) is 3.69. The van der Waals surface area contributed by atoms with Gasteiger partial charge in [-0.25, -0.2) is 0 Å². The molecule has 0 radical (unpaired) electrons. The highest BCUT2D eigenvalue weighted by Gasteiger charge is 2.30. The molecule has 2 fully saturated rings. The highest BCUT2D eigenvalue weighted by Crippen LogP contribution is 2.29. The first kappa shape index (κ1) is 18.1. The van der Waals surface area contributed by atoms with E-state index in [1.807, 2.05) is 15.9 Å². The van der Waals surface area contributed by atoms with Gasteiger partial charge in [0.15, 0.2) is 0 Å². The Hall–Kier alpha value is -1.75. The zero-order valence-electron chi connectivity index (χ0n) is 14.7. The summed E-state index contributed by atoms with van der Waals surface area (Å²) in [6, 6.07) is 5.43. The summed E-state index contributed by atoms with van der Waals surface area (Å²) in [5, 5.41) is 0.515. The average Bonchev–Trinajstić information content (AvgIpc) is 2.79. The third kappa shape index (κ3) is 4.27. The van der Waals surface area contributed by atoms with Crippen LogP contribution in [0, 0.1) is 5.92 Å². The molecular formula is C19H25ClN2O3. The van der Waals surface area contributed by atoms with E-state index in [1.54, 1.807) is 19.2 Å². The molecule has 1 heterocycles. The third-order valence-corrected chi connectivity index (χ3v) is 5.48. The number of rotatable bonds is 4. The first-order chi connectivity index (χ1) is 12.1. The monoisotopic (exact) mass is 364 g/mol. The number of benzene rings is 1. The van der Waals surface area contributed by atoms with Crippen LogP contribution in [0.15, 0.2) is 18.2 Å². The molecule has 2 amide bonds. The van der Waals surface area contributed by atoms with E-state index in [4.69, 9.17) is 16.3 Å². The zero-order chi connectivity index (χ0) is 17.8. The quantitative estimate of drug-likeness (QED) is 0.825. The summed E-state index contributed by atoms with van der Waals surface area (Å²) in [4.78, 5) is 28.8. The molecule has 5 nitrogen and oxygen atoms in total. The van der Waals surface area contributed by atoms with Gasteiger partial charge in [-0.1, -0.05) is 24.1 Å². The Kier molecular flexibility index (Phi) is 5.84. The molecule has 1 saturated carbocycles. The van der Waals surface area contributed by atoms with Gasteiger partial charge in [-0.05, 0) is 37.0 Å². The van der Waals surface area contributed by atoms with E-state index in [-0.39, 0.29) is 17.7 Å². The fraction of sp³-hybridized carbons (Fsp3) is 0.579. The van der Waals surface area contributed by atoms with E-state index < -0.39 is 0 Å². The van der Waals surface area contributed by atoms with E-state index in [0.29, 0.717) is 36.8 Å². The summed E-state index contributed by atoms with van der Waals surface area (Å²) in [7, 11) is 1.57. The second kappa shape index (κ2) is 8.09. The molecule has 6 heteroatoms. The van der Waals surface area contributed by atoms with E-state index in [9.17, 15) is 9.59 Å². The highest BCUT2D eigenvalue weighted by molar-refractivity contribution is 6.32. The molecule has 0 spiro atoms. The van der Waals surface area contributed by atoms with Gasteiger partial charge in [-0.2, -0.15) is 0 Å². The summed E-state index contributed by atoms with van der Waals surface area (Å²) in [5.74, 6) is 1.20. The second-order valence-corrected chi connectivity index (χ2v) is 7.24. The number of halogens is 1. The van der Waals surface area contributed by atoms with Crippen molar-refractivity contribution >= 4 is 23.4 Å². The van der Waals surface area contributed by atoms with Gasteiger partial charge in [0.25, 0.3) is 0 Å². The lowest BCUT2D eigenvalue weighted by atomic mass is 9.84. The smallest absolute Gasteiger partial charge is 0.227 e. The van der Waals surface area contributed by atoms with Crippen LogP contribution in [0.4, 0.5) is 0 Å². The summed E-state index contributed by atoms with van der Waals surface area (Å²) in [6.07, 6.45) is 4.37. The molecule has 25 heavy (non-hydrogen) atoms. The van der Waals surface area contributed by atoms with Crippen molar-refractivity contribution in [2.75, 3.05) is 33.3 Å². The minimum absolute atomic E-state index is 0.0826. The summed E-state index contributed by atoms with van der Waals surface area (Å²) < 4.78 is 5.14. The molecule has 0 bridgehead atoms. The van der Waals surface area contributed by atoms with Crippen LogP contribution < -0.4 is 4.74 Å². The van der Waals surface area contributed by atoms with Gasteiger partial charge in [-0.15, -0.1) is 0 Å². The molecule has 3 rings (SSSR count). The Morgan fingerprint density at radius 2 is 1.84 bits per heavy atom. The topological polar surface area (TPSA) is 49.9 Å². The van der Waals surface area contributed by atoms with Gasteiger partial charge in [0.2, 0.25) is 11.8 Å². The maximum absolute atomic E-state index is 12.6. The largest absolute Gasteiger partial charge is 0.495 e. The van der Waals surface area contributed by atoms with Gasteiger partial charge in [-0.3, -0.25) is 9.59 Å². The zero-order valence-corrected chi connectivity index (χ0v) is 15.4. The summed E-state index contributed by atoms with van der Waals surface area (Å²) in [6.45, 7) is 2.72. The standard InChI is InChI=1S/C19H25ClN2O3/c1-25-17-7-6-14(12-16(17)20)13-18(23)21-8-3-9-22(11-10-21)19(24)15-4-2-5-15/h6-7,12,15H,2-5,8-11,13H2,1H3. The van der Waals surface area contributed by atoms with Crippen LogP contribution in [-0.4, -0.2) is 54.9 Å². The van der Waals surface area contributed by atoms with Crippen LogP contribution in [0.2, 0.25) is 5.02 Å². The summed E-state index contributed by atoms with van der Waals surface area (Å²) in [5.41, 5.74) is 0.877. The average molecular weight is 365 g/mol. The molecule has 0 unspecified atom stereocenters. The van der Waals surface area contributed by atoms with Gasteiger partial charge in [0.05, 0.1) is 18.6 Å². The molecule has 1 aromatic carbocycles. The maximum Gasteiger partial charge on any atom is 0.227 e. The molecular weight excluding hydrogens is 340 g/mol. The SMILES string of the molecule is COc1ccc(CC(=O)N2CCCN(C(=O)C3CCC3)CC2)cc1Cl. The predicted molar refractivity (Wildman–Crippen MR) is 96.8 cm³/mol.